The number of aromatic nitrogens is 1. The SMILES string of the molecule is C#CCC(O)Cc1csc(C)n1. The van der Waals surface area contributed by atoms with Crippen molar-refractivity contribution in [3.05, 3.63) is 16.1 Å². The summed E-state index contributed by atoms with van der Waals surface area (Å²) >= 11 is 1.59. The van der Waals surface area contributed by atoms with Gasteiger partial charge in [0.05, 0.1) is 16.8 Å². The van der Waals surface area contributed by atoms with Crippen LogP contribution in [0.3, 0.4) is 0 Å². The van der Waals surface area contributed by atoms with Crippen molar-refractivity contribution in [2.24, 2.45) is 0 Å². The number of rotatable bonds is 3. The Morgan fingerprint density at radius 1 is 1.83 bits per heavy atom. The summed E-state index contributed by atoms with van der Waals surface area (Å²) in [6, 6.07) is 0. The van der Waals surface area contributed by atoms with E-state index in [1.807, 2.05) is 12.3 Å². The highest BCUT2D eigenvalue weighted by Gasteiger charge is 2.05. The van der Waals surface area contributed by atoms with Crippen molar-refractivity contribution < 1.29 is 5.11 Å². The molecule has 0 spiro atoms. The summed E-state index contributed by atoms with van der Waals surface area (Å²) in [6.07, 6.45) is 5.58. The average Bonchev–Trinajstić information content (AvgIpc) is 2.36. The molecule has 0 bridgehead atoms. The molecule has 0 saturated carbocycles. The van der Waals surface area contributed by atoms with E-state index >= 15 is 0 Å². The molecule has 1 rings (SSSR count). The maximum atomic E-state index is 9.33. The first-order chi connectivity index (χ1) is 5.72. The molecule has 1 unspecified atom stereocenters. The predicted octanol–water partition coefficient (Wildman–Crippen LogP) is 1.38. The normalized spacial score (nSPS) is 12.4. The van der Waals surface area contributed by atoms with Gasteiger partial charge in [-0.25, -0.2) is 4.98 Å². The molecule has 0 fully saturated rings. The summed E-state index contributed by atoms with van der Waals surface area (Å²) in [7, 11) is 0. The van der Waals surface area contributed by atoms with Crippen molar-refractivity contribution >= 4 is 11.3 Å². The van der Waals surface area contributed by atoms with Gasteiger partial charge in [0.1, 0.15) is 0 Å². The van der Waals surface area contributed by atoms with Crippen LogP contribution < -0.4 is 0 Å². The number of thiazole rings is 1. The summed E-state index contributed by atoms with van der Waals surface area (Å²) in [5, 5.41) is 12.3. The van der Waals surface area contributed by atoms with E-state index in [1.54, 1.807) is 11.3 Å². The van der Waals surface area contributed by atoms with Crippen LogP contribution in [0.2, 0.25) is 0 Å². The third-order valence-electron chi connectivity index (χ3n) is 1.46. The van der Waals surface area contributed by atoms with E-state index in [1.165, 1.54) is 0 Å². The molecule has 0 aliphatic rings. The zero-order chi connectivity index (χ0) is 8.97. The van der Waals surface area contributed by atoms with Gasteiger partial charge in [0, 0.05) is 18.2 Å². The van der Waals surface area contributed by atoms with Gasteiger partial charge in [0.15, 0.2) is 0 Å². The van der Waals surface area contributed by atoms with Crippen molar-refractivity contribution in [3.63, 3.8) is 0 Å². The van der Waals surface area contributed by atoms with Crippen LogP contribution in [0.1, 0.15) is 17.1 Å². The first kappa shape index (κ1) is 9.24. The zero-order valence-corrected chi connectivity index (χ0v) is 7.77. The van der Waals surface area contributed by atoms with Gasteiger partial charge in [-0.1, -0.05) is 0 Å². The van der Waals surface area contributed by atoms with Crippen LogP contribution in [0.4, 0.5) is 0 Å². The summed E-state index contributed by atoms with van der Waals surface area (Å²) in [5.74, 6) is 2.42. The Balaban J connectivity index is 2.47. The van der Waals surface area contributed by atoms with Crippen LogP contribution in [0, 0.1) is 19.3 Å². The van der Waals surface area contributed by atoms with Gasteiger partial charge in [-0.15, -0.1) is 23.7 Å². The van der Waals surface area contributed by atoms with Crippen molar-refractivity contribution in [2.45, 2.75) is 25.9 Å². The molecule has 2 nitrogen and oxygen atoms in total. The maximum absolute atomic E-state index is 9.33. The minimum Gasteiger partial charge on any atom is -0.392 e. The quantitative estimate of drug-likeness (QED) is 0.715. The molecule has 0 amide bonds. The lowest BCUT2D eigenvalue weighted by Crippen LogP contribution is -2.09. The second kappa shape index (κ2) is 4.24. The van der Waals surface area contributed by atoms with E-state index in [0.717, 1.165) is 10.7 Å². The van der Waals surface area contributed by atoms with Crippen LogP contribution >= 0.6 is 11.3 Å². The maximum Gasteiger partial charge on any atom is 0.0897 e. The molecular weight excluding hydrogens is 170 g/mol. The average molecular weight is 181 g/mol. The van der Waals surface area contributed by atoms with Gasteiger partial charge in [-0.05, 0) is 6.92 Å². The Hall–Kier alpha value is -0.850. The highest BCUT2D eigenvalue weighted by Crippen LogP contribution is 2.10. The third-order valence-corrected chi connectivity index (χ3v) is 2.29. The fraction of sp³-hybridized carbons (Fsp3) is 0.444. The van der Waals surface area contributed by atoms with E-state index in [4.69, 9.17) is 6.42 Å². The fourth-order valence-corrected chi connectivity index (χ4v) is 1.58. The van der Waals surface area contributed by atoms with Gasteiger partial charge in [-0.2, -0.15) is 0 Å². The highest BCUT2D eigenvalue weighted by molar-refractivity contribution is 7.09. The first-order valence-electron chi connectivity index (χ1n) is 3.75. The summed E-state index contributed by atoms with van der Waals surface area (Å²) in [4.78, 5) is 4.22. The van der Waals surface area contributed by atoms with Gasteiger partial charge < -0.3 is 5.11 Å². The van der Waals surface area contributed by atoms with E-state index in [2.05, 4.69) is 10.9 Å². The molecule has 64 valence electrons. The van der Waals surface area contributed by atoms with Crippen molar-refractivity contribution in [2.75, 3.05) is 0 Å². The highest BCUT2D eigenvalue weighted by atomic mass is 32.1. The monoisotopic (exact) mass is 181 g/mol. The number of hydrogen-bond donors (Lipinski definition) is 1. The van der Waals surface area contributed by atoms with Crippen molar-refractivity contribution in [1.82, 2.24) is 4.98 Å². The van der Waals surface area contributed by atoms with Crippen LogP contribution in [-0.4, -0.2) is 16.2 Å². The Bertz CT molecular complexity index is 287. The number of nitrogens with zero attached hydrogens (tertiary/aromatic N) is 1. The minimum atomic E-state index is -0.448. The zero-order valence-electron chi connectivity index (χ0n) is 6.95. The molecule has 1 atom stereocenters. The molecule has 12 heavy (non-hydrogen) atoms. The van der Waals surface area contributed by atoms with Crippen molar-refractivity contribution in [3.8, 4) is 12.3 Å². The number of aliphatic hydroxyl groups is 1. The predicted molar refractivity (Wildman–Crippen MR) is 50.0 cm³/mol. The Morgan fingerprint density at radius 2 is 2.58 bits per heavy atom. The van der Waals surface area contributed by atoms with Crippen molar-refractivity contribution in [1.29, 1.82) is 0 Å². The van der Waals surface area contributed by atoms with E-state index in [-0.39, 0.29) is 0 Å². The standard InChI is InChI=1S/C9H11NOS/c1-3-4-9(11)5-8-6-12-7(2)10-8/h1,6,9,11H,4-5H2,2H3. The largest absolute Gasteiger partial charge is 0.392 e. The fourth-order valence-electron chi connectivity index (χ4n) is 0.952. The van der Waals surface area contributed by atoms with E-state index in [0.29, 0.717) is 12.8 Å². The molecule has 0 saturated heterocycles. The Morgan fingerprint density at radius 3 is 3.08 bits per heavy atom. The van der Waals surface area contributed by atoms with Gasteiger partial charge in [-0.3, -0.25) is 0 Å². The summed E-state index contributed by atoms with van der Waals surface area (Å²) < 4.78 is 0. The molecule has 3 heteroatoms. The lowest BCUT2D eigenvalue weighted by molar-refractivity contribution is 0.179. The van der Waals surface area contributed by atoms with Gasteiger partial charge in [0.25, 0.3) is 0 Å². The van der Waals surface area contributed by atoms with Crippen LogP contribution in [-0.2, 0) is 6.42 Å². The molecule has 0 aliphatic carbocycles. The second-order valence-electron chi connectivity index (χ2n) is 2.62. The Kier molecular flexibility index (Phi) is 3.27. The number of hydrogen-bond acceptors (Lipinski definition) is 3. The summed E-state index contributed by atoms with van der Waals surface area (Å²) in [6.45, 7) is 1.95. The molecule has 1 aromatic rings. The van der Waals surface area contributed by atoms with E-state index in [9.17, 15) is 5.11 Å². The van der Waals surface area contributed by atoms with Crippen LogP contribution in [0.15, 0.2) is 5.38 Å². The molecule has 1 N–H and O–H groups in total. The number of aliphatic hydroxyl groups excluding tert-OH is 1. The lowest BCUT2D eigenvalue weighted by atomic mass is 10.1. The first-order valence-corrected chi connectivity index (χ1v) is 4.63. The van der Waals surface area contributed by atoms with E-state index < -0.39 is 6.10 Å². The summed E-state index contributed by atoms with van der Waals surface area (Å²) in [5.41, 5.74) is 0.931. The van der Waals surface area contributed by atoms with Gasteiger partial charge >= 0.3 is 0 Å². The molecule has 1 heterocycles. The molecule has 0 aliphatic heterocycles. The van der Waals surface area contributed by atoms with Gasteiger partial charge in [0.2, 0.25) is 0 Å². The molecule has 1 aromatic heterocycles. The lowest BCUT2D eigenvalue weighted by Gasteiger charge is -2.02. The van der Waals surface area contributed by atoms with Crippen LogP contribution in [0.25, 0.3) is 0 Å². The number of terminal acetylenes is 1. The number of aryl methyl sites for hydroxylation is 1. The second-order valence-corrected chi connectivity index (χ2v) is 3.69. The minimum absolute atomic E-state index is 0.399. The third kappa shape index (κ3) is 2.65. The van der Waals surface area contributed by atoms with Crippen LogP contribution in [0.5, 0.6) is 0 Å². The smallest absolute Gasteiger partial charge is 0.0897 e. The molecule has 0 radical (unpaired) electrons. The molecule has 0 aromatic carbocycles. The molecular formula is C9H11NOS. The Labute approximate surface area is 76.3 Å². The topological polar surface area (TPSA) is 33.1 Å².